The fourth-order valence-corrected chi connectivity index (χ4v) is 3.55. The van der Waals surface area contributed by atoms with Gasteiger partial charge in [0.25, 0.3) is 6.47 Å². The molecule has 2 aromatic rings. The predicted molar refractivity (Wildman–Crippen MR) is 97.2 cm³/mol. The van der Waals surface area contributed by atoms with Crippen molar-refractivity contribution in [2.24, 2.45) is 0 Å². The highest BCUT2D eigenvalue weighted by molar-refractivity contribution is 5.70. The molecule has 1 N–H and O–H groups in total. The van der Waals surface area contributed by atoms with Crippen molar-refractivity contribution in [1.82, 2.24) is 25.0 Å². The average molecular weight is 389 g/mol. The highest BCUT2D eigenvalue weighted by atomic mass is 16.6. The van der Waals surface area contributed by atoms with Crippen LogP contribution in [0.1, 0.15) is 25.2 Å². The quantitative estimate of drug-likeness (QED) is 0.781. The van der Waals surface area contributed by atoms with Crippen molar-refractivity contribution in [3.05, 3.63) is 30.4 Å². The first kappa shape index (κ1) is 19.7. The third-order valence-corrected chi connectivity index (χ3v) is 4.87. The first-order chi connectivity index (χ1) is 13.5. The molecule has 10 nitrogen and oxygen atoms in total. The van der Waals surface area contributed by atoms with E-state index in [1.807, 2.05) is 12.1 Å². The van der Waals surface area contributed by atoms with Crippen LogP contribution in [0.2, 0.25) is 0 Å². The molecule has 1 atom stereocenters. The number of ether oxygens (including phenoxy) is 1. The van der Waals surface area contributed by atoms with E-state index in [0.29, 0.717) is 24.9 Å². The molecule has 4 heterocycles. The van der Waals surface area contributed by atoms with E-state index in [2.05, 4.69) is 20.1 Å². The second-order valence-electron chi connectivity index (χ2n) is 6.88. The second-order valence-corrected chi connectivity index (χ2v) is 6.88. The van der Waals surface area contributed by atoms with Gasteiger partial charge >= 0.3 is 6.09 Å². The summed E-state index contributed by atoms with van der Waals surface area (Å²) in [6, 6.07) is 3.73. The van der Waals surface area contributed by atoms with E-state index in [9.17, 15) is 4.79 Å². The van der Waals surface area contributed by atoms with Crippen LogP contribution in [0.5, 0.6) is 0 Å². The summed E-state index contributed by atoms with van der Waals surface area (Å²) in [4.78, 5) is 28.1. The Labute approximate surface area is 162 Å². The SMILES string of the molecule is CN1CC2(CCCN(Cc3nnc(-c4cccnc4)o3)CC2)OC1=O.O=CO. The van der Waals surface area contributed by atoms with Gasteiger partial charge in [0.1, 0.15) is 5.60 Å². The average Bonchev–Trinajstić information content (AvgIpc) is 3.20. The van der Waals surface area contributed by atoms with Crippen LogP contribution in [0.15, 0.2) is 28.9 Å². The monoisotopic (exact) mass is 389 g/mol. The van der Waals surface area contributed by atoms with Crippen LogP contribution in [-0.4, -0.2) is 74.9 Å². The zero-order chi connectivity index (χ0) is 20.0. The van der Waals surface area contributed by atoms with Crippen molar-refractivity contribution in [1.29, 1.82) is 0 Å². The Morgan fingerprint density at radius 1 is 1.32 bits per heavy atom. The second kappa shape index (κ2) is 8.79. The molecule has 0 radical (unpaired) electrons. The number of likely N-dealkylation sites (N-methyl/N-ethyl adjacent to an activating group) is 1. The van der Waals surface area contributed by atoms with Crippen molar-refractivity contribution in [3.8, 4) is 11.5 Å². The van der Waals surface area contributed by atoms with E-state index in [4.69, 9.17) is 19.1 Å². The van der Waals surface area contributed by atoms with E-state index in [0.717, 1.165) is 37.9 Å². The van der Waals surface area contributed by atoms with Gasteiger partial charge in [0.15, 0.2) is 0 Å². The molecule has 0 saturated carbocycles. The van der Waals surface area contributed by atoms with Gasteiger partial charge in [0, 0.05) is 32.4 Å². The summed E-state index contributed by atoms with van der Waals surface area (Å²) >= 11 is 0. The molecule has 2 aliphatic rings. The minimum absolute atomic E-state index is 0.216. The maximum atomic E-state index is 11.7. The third kappa shape index (κ3) is 4.63. The van der Waals surface area contributed by atoms with Gasteiger partial charge in [-0.2, -0.15) is 0 Å². The minimum Gasteiger partial charge on any atom is -0.483 e. The number of likely N-dealkylation sites (tertiary alicyclic amines) is 1. The standard InChI is InChI=1S/C17H21N5O3.CH2O2/c1-21-12-17(25-16(21)23)5-3-8-22(9-6-17)11-14-19-20-15(24-14)13-4-2-7-18-10-13;2-1-3/h2,4,7,10H,3,5-6,8-9,11-12H2,1H3;1H,(H,2,3). The Bertz CT molecular complexity index is 799. The van der Waals surface area contributed by atoms with Crippen molar-refractivity contribution < 1.29 is 23.8 Å². The molecule has 0 bridgehead atoms. The van der Waals surface area contributed by atoms with Crippen LogP contribution in [0.4, 0.5) is 4.79 Å². The van der Waals surface area contributed by atoms with Crippen molar-refractivity contribution in [2.45, 2.75) is 31.4 Å². The van der Waals surface area contributed by atoms with Crippen LogP contribution in [0.25, 0.3) is 11.5 Å². The largest absolute Gasteiger partial charge is 0.483 e. The Balaban J connectivity index is 0.000000706. The zero-order valence-electron chi connectivity index (χ0n) is 15.7. The molecular weight excluding hydrogens is 366 g/mol. The number of hydrogen-bond acceptors (Lipinski definition) is 8. The minimum atomic E-state index is -0.337. The molecule has 150 valence electrons. The molecule has 2 fully saturated rings. The number of carbonyl (C=O) groups excluding carboxylic acids is 1. The van der Waals surface area contributed by atoms with Crippen molar-refractivity contribution >= 4 is 12.6 Å². The number of carboxylic acid groups (broad SMARTS) is 1. The fourth-order valence-electron chi connectivity index (χ4n) is 3.55. The third-order valence-electron chi connectivity index (χ3n) is 4.87. The summed E-state index contributed by atoms with van der Waals surface area (Å²) in [5.74, 6) is 1.08. The molecule has 10 heteroatoms. The Morgan fingerprint density at radius 2 is 2.14 bits per heavy atom. The molecule has 1 unspecified atom stereocenters. The van der Waals surface area contributed by atoms with Gasteiger partial charge in [-0.3, -0.25) is 14.7 Å². The highest BCUT2D eigenvalue weighted by Crippen LogP contribution is 2.32. The lowest BCUT2D eigenvalue weighted by Gasteiger charge is -2.25. The molecule has 0 aromatic carbocycles. The smallest absolute Gasteiger partial charge is 0.410 e. The van der Waals surface area contributed by atoms with Crippen LogP contribution >= 0.6 is 0 Å². The van der Waals surface area contributed by atoms with E-state index in [1.54, 1.807) is 24.3 Å². The van der Waals surface area contributed by atoms with Gasteiger partial charge in [-0.1, -0.05) is 0 Å². The van der Waals surface area contributed by atoms with E-state index in [-0.39, 0.29) is 18.2 Å². The van der Waals surface area contributed by atoms with E-state index in [1.165, 1.54) is 0 Å². The lowest BCUT2D eigenvalue weighted by Crippen LogP contribution is -2.35. The normalized spacial score (nSPS) is 22.3. The first-order valence-corrected chi connectivity index (χ1v) is 9.02. The van der Waals surface area contributed by atoms with Crippen LogP contribution in [0, 0.1) is 0 Å². The predicted octanol–water partition coefficient (Wildman–Crippen LogP) is 1.64. The number of carbonyl (C=O) groups is 2. The van der Waals surface area contributed by atoms with Crippen LogP contribution in [-0.2, 0) is 16.1 Å². The number of amides is 1. The Kier molecular flexibility index (Phi) is 6.19. The topological polar surface area (TPSA) is 122 Å². The summed E-state index contributed by atoms with van der Waals surface area (Å²) in [6.07, 6.45) is 5.90. The molecule has 0 aliphatic carbocycles. The Morgan fingerprint density at radius 3 is 2.82 bits per heavy atom. The summed E-state index contributed by atoms with van der Waals surface area (Å²) in [7, 11) is 1.79. The summed E-state index contributed by atoms with van der Waals surface area (Å²) in [5.41, 5.74) is 0.480. The molecule has 2 aliphatic heterocycles. The first-order valence-electron chi connectivity index (χ1n) is 9.02. The number of rotatable bonds is 3. The summed E-state index contributed by atoms with van der Waals surface area (Å²) in [6.45, 7) is 2.79. The van der Waals surface area contributed by atoms with Crippen molar-refractivity contribution in [3.63, 3.8) is 0 Å². The van der Waals surface area contributed by atoms with Gasteiger partial charge in [-0.15, -0.1) is 10.2 Å². The molecule has 1 spiro atoms. The zero-order valence-corrected chi connectivity index (χ0v) is 15.7. The van der Waals surface area contributed by atoms with Gasteiger partial charge < -0.3 is 19.2 Å². The summed E-state index contributed by atoms with van der Waals surface area (Å²) in [5, 5.41) is 15.1. The molecule has 1 amide bonds. The van der Waals surface area contributed by atoms with Gasteiger partial charge in [-0.25, -0.2) is 4.79 Å². The fraction of sp³-hybridized carbons (Fsp3) is 0.500. The summed E-state index contributed by atoms with van der Waals surface area (Å²) < 4.78 is 11.4. The molecule has 2 saturated heterocycles. The van der Waals surface area contributed by atoms with Crippen LogP contribution in [0.3, 0.4) is 0 Å². The number of hydrogen-bond donors (Lipinski definition) is 1. The van der Waals surface area contributed by atoms with E-state index < -0.39 is 0 Å². The van der Waals surface area contributed by atoms with Crippen LogP contribution < -0.4 is 0 Å². The Hall–Kier alpha value is -3.01. The van der Waals surface area contributed by atoms with Gasteiger partial charge in [0.2, 0.25) is 11.8 Å². The molecule has 2 aromatic heterocycles. The number of aromatic nitrogens is 3. The molecule has 28 heavy (non-hydrogen) atoms. The molecular formula is C18H23N5O5. The highest BCUT2D eigenvalue weighted by Gasteiger charge is 2.44. The lowest BCUT2D eigenvalue weighted by atomic mass is 9.95. The number of pyridine rings is 1. The maximum absolute atomic E-state index is 11.7. The molecule has 4 rings (SSSR count). The van der Waals surface area contributed by atoms with Gasteiger partial charge in [0.05, 0.1) is 18.7 Å². The maximum Gasteiger partial charge on any atom is 0.410 e. The van der Waals surface area contributed by atoms with E-state index >= 15 is 0 Å². The van der Waals surface area contributed by atoms with Crippen molar-refractivity contribution in [2.75, 3.05) is 26.7 Å². The number of nitrogens with zero attached hydrogens (tertiary/aromatic N) is 5. The van der Waals surface area contributed by atoms with Gasteiger partial charge in [-0.05, 0) is 31.5 Å². The lowest BCUT2D eigenvalue weighted by molar-refractivity contribution is -0.122.